The van der Waals surface area contributed by atoms with E-state index >= 15 is 0 Å². The molecule has 1 aromatic heterocycles. The molecule has 0 fully saturated rings. The van der Waals surface area contributed by atoms with Crippen LogP contribution in [0, 0.1) is 0 Å². The molecule has 0 radical (unpaired) electrons. The van der Waals surface area contributed by atoms with E-state index in [1.807, 2.05) is 30.3 Å². The summed E-state index contributed by atoms with van der Waals surface area (Å²) < 4.78 is 6.59. The molecule has 8 aromatic carbocycles. The standard InChI is InChI=1S/C45H30N2O/c1-4-14-31(15-5-1)32-24-27-36(28-25-32)47(41-23-13-12-21-37(41)33-16-6-2-7-17-33)42-30-40-44(48-45(46-40)35-19-8-3-9-20-35)39-29-26-34-18-10-11-22-38(34)43(39)42/h1-30H. The Morgan fingerprint density at radius 1 is 0.438 bits per heavy atom. The Hall–Kier alpha value is -6.45. The quantitative estimate of drug-likeness (QED) is 0.175. The average molecular weight is 615 g/mol. The Morgan fingerprint density at radius 3 is 1.79 bits per heavy atom. The van der Waals surface area contributed by atoms with Crippen molar-refractivity contribution in [3.05, 3.63) is 182 Å². The zero-order valence-corrected chi connectivity index (χ0v) is 26.1. The number of anilines is 3. The molecule has 0 bridgehead atoms. The first kappa shape index (κ1) is 27.8. The fraction of sp³-hybridized carbons (Fsp3) is 0. The van der Waals surface area contributed by atoms with E-state index in [1.165, 1.54) is 16.5 Å². The lowest BCUT2D eigenvalue weighted by Gasteiger charge is -2.29. The summed E-state index contributed by atoms with van der Waals surface area (Å²) in [6.07, 6.45) is 0. The summed E-state index contributed by atoms with van der Waals surface area (Å²) in [6.45, 7) is 0. The number of benzene rings is 8. The first-order valence-corrected chi connectivity index (χ1v) is 16.2. The molecule has 0 unspecified atom stereocenters. The SMILES string of the molecule is c1ccc(-c2ccc(N(c3ccccc3-c3ccccc3)c3cc4nc(-c5ccccc5)oc4c4ccc5ccccc5c34)cc2)cc1. The zero-order chi connectivity index (χ0) is 31.9. The highest BCUT2D eigenvalue weighted by Crippen LogP contribution is 2.47. The minimum atomic E-state index is 0.612. The third-order valence-electron chi connectivity index (χ3n) is 9.08. The molecular weight excluding hydrogens is 585 g/mol. The maximum absolute atomic E-state index is 6.59. The van der Waals surface area contributed by atoms with Gasteiger partial charge in [0.2, 0.25) is 5.89 Å². The summed E-state index contributed by atoms with van der Waals surface area (Å²) in [5.41, 5.74) is 10.4. The Kier molecular flexibility index (Phi) is 6.80. The summed E-state index contributed by atoms with van der Waals surface area (Å²) in [7, 11) is 0. The van der Waals surface area contributed by atoms with Crippen molar-refractivity contribution in [2.45, 2.75) is 0 Å². The highest BCUT2D eigenvalue weighted by molar-refractivity contribution is 6.22. The molecule has 0 aliphatic rings. The van der Waals surface area contributed by atoms with Crippen LogP contribution in [-0.4, -0.2) is 4.98 Å². The predicted octanol–water partition coefficient (Wildman–Crippen LogP) is 12.6. The summed E-state index contributed by atoms with van der Waals surface area (Å²) in [5, 5.41) is 4.47. The van der Waals surface area contributed by atoms with E-state index in [-0.39, 0.29) is 0 Å². The van der Waals surface area contributed by atoms with Crippen LogP contribution >= 0.6 is 0 Å². The molecule has 0 aliphatic carbocycles. The van der Waals surface area contributed by atoms with Crippen molar-refractivity contribution in [1.82, 2.24) is 4.98 Å². The molecule has 9 rings (SSSR count). The van der Waals surface area contributed by atoms with E-state index in [0.29, 0.717) is 5.89 Å². The monoisotopic (exact) mass is 614 g/mol. The van der Waals surface area contributed by atoms with Crippen LogP contribution in [0.25, 0.3) is 66.4 Å². The maximum atomic E-state index is 6.59. The molecule has 1 heterocycles. The number of hydrogen-bond donors (Lipinski definition) is 0. The lowest BCUT2D eigenvalue weighted by Crippen LogP contribution is -2.12. The van der Waals surface area contributed by atoms with Crippen LogP contribution in [0.2, 0.25) is 0 Å². The van der Waals surface area contributed by atoms with Crippen LogP contribution in [0.5, 0.6) is 0 Å². The second-order valence-corrected chi connectivity index (χ2v) is 12.0. The zero-order valence-electron chi connectivity index (χ0n) is 26.1. The molecule has 3 nitrogen and oxygen atoms in total. The highest BCUT2D eigenvalue weighted by Gasteiger charge is 2.24. The normalized spacial score (nSPS) is 11.3. The fourth-order valence-electron chi connectivity index (χ4n) is 6.81. The Balaban J connectivity index is 1.36. The van der Waals surface area contributed by atoms with Gasteiger partial charge in [-0.3, -0.25) is 0 Å². The number of nitrogens with zero attached hydrogens (tertiary/aromatic N) is 2. The number of oxazole rings is 1. The van der Waals surface area contributed by atoms with Crippen molar-refractivity contribution in [3.63, 3.8) is 0 Å². The highest BCUT2D eigenvalue weighted by atomic mass is 16.3. The van der Waals surface area contributed by atoms with Crippen LogP contribution in [0.15, 0.2) is 186 Å². The largest absolute Gasteiger partial charge is 0.435 e. The van der Waals surface area contributed by atoms with Gasteiger partial charge < -0.3 is 9.32 Å². The molecule has 0 spiro atoms. The fourth-order valence-corrected chi connectivity index (χ4v) is 6.81. The average Bonchev–Trinajstić information content (AvgIpc) is 3.61. The summed E-state index contributed by atoms with van der Waals surface area (Å²) in [5.74, 6) is 0.612. The van der Waals surface area contributed by atoms with Crippen molar-refractivity contribution < 1.29 is 4.42 Å². The number of rotatable bonds is 6. The molecular formula is C45H30N2O. The van der Waals surface area contributed by atoms with Gasteiger partial charge in [0.1, 0.15) is 5.52 Å². The van der Waals surface area contributed by atoms with Gasteiger partial charge >= 0.3 is 0 Å². The Morgan fingerprint density at radius 2 is 1.04 bits per heavy atom. The molecule has 9 aromatic rings. The molecule has 3 heteroatoms. The number of fused-ring (bicyclic) bond motifs is 5. The Labute approximate surface area is 279 Å². The minimum absolute atomic E-state index is 0.612. The minimum Gasteiger partial charge on any atom is -0.435 e. The topological polar surface area (TPSA) is 29.3 Å². The van der Waals surface area contributed by atoms with Gasteiger partial charge in [-0.25, -0.2) is 4.98 Å². The molecule has 0 amide bonds. The number of hydrogen-bond acceptors (Lipinski definition) is 3. The molecule has 48 heavy (non-hydrogen) atoms. The lowest BCUT2D eigenvalue weighted by molar-refractivity contribution is 0.623. The van der Waals surface area contributed by atoms with Crippen LogP contribution in [-0.2, 0) is 0 Å². The van der Waals surface area contributed by atoms with Crippen molar-refractivity contribution in [2.24, 2.45) is 0 Å². The van der Waals surface area contributed by atoms with Crippen molar-refractivity contribution >= 4 is 49.7 Å². The first-order chi connectivity index (χ1) is 23.8. The second kappa shape index (κ2) is 11.7. The van der Waals surface area contributed by atoms with E-state index in [4.69, 9.17) is 9.40 Å². The first-order valence-electron chi connectivity index (χ1n) is 16.2. The van der Waals surface area contributed by atoms with Crippen molar-refractivity contribution in [1.29, 1.82) is 0 Å². The Bertz CT molecular complexity index is 2540. The maximum Gasteiger partial charge on any atom is 0.227 e. The van der Waals surface area contributed by atoms with Gasteiger partial charge in [0.25, 0.3) is 0 Å². The molecule has 0 N–H and O–H groups in total. The smallest absolute Gasteiger partial charge is 0.227 e. The summed E-state index contributed by atoms with van der Waals surface area (Å²) in [4.78, 5) is 7.48. The molecule has 0 saturated heterocycles. The van der Waals surface area contributed by atoms with Crippen LogP contribution < -0.4 is 4.90 Å². The van der Waals surface area contributed by atoms with E-state index < -0.39 is 0 Å². The molecule has 0 atom stereocenters. The molecule has 0 saturated carbocycles. The van der Waals surface area contributed by atoms with Crippen LogP contribution in [0.3, 0.4) is 0 Å². The van der Waals surface area contributed by atoms with Crippen molar-refractivity contribution in [3.8, 4) is 33.7 Å². The van der Waals surface area contributed by atoms with Crippen LogP contribution in [0.1, 0.15) is 0 Å². The molecule has 0 aliphatic heterocycles. The van der Waals surface area contributed by atoms with Gasteiger partial charge in [0.15, 0.2) is 5.58 Å². The van der Waals surface area contributed by atoms with E-state index in [0.717, 1.165) is 61.0 Å². The summed E-state index contributed by atoms with van der Waals surface area (Å²) >= 11 is 0. The number of aromatic nitrogens is 1. The number of para-hydroxylation sites is 1. The van der Waals surface area contributed by atoms with Crippen molar-refractivity contribution in [2.75, 3.05) is 4.90 Å². The predicted molar refractivity (Wildman–Crippen MR) is 200 cm³/mol. The van der Waals surface area contributed by atoms with E-state index in [1.54, 1.807) is 0 Å². The van der Waals surface area contributed by atoms with Gasteiger partial charge in [-0.1, -0.05) is 140 Å². The van der Waals surface area contributed by atoms with E-state index in [9.17, 15) is 0 Å². The second-order valence-electron chi connectivity index (χ2n) is 12.0. The summed E-state index contributed by atoms with van der Waals surface area (Å²) in [6, 6.07) is 64.0. The van der Waals surface area contributed by atoms with Gasteiger partial charge in [-0.15, -0.1) is 0 Å². The lowest BCUT2D eigenvalue weighted by atomic mass is 9.96. The van der Waals surface area contributed by atoms with Gasteiger partial charge in [0, 0.05) is 27.6 Å². The van der Waals surface area contributed by atoms with E-state index in [2.05, 4.69) is 157 Å². The third kappa shape index (κ3) is 4.81. The van der Waals surface area contributed by atoms with Gasteiger partial charge in [-0.05, 0) is 69.9 Å². The van der Waals surface area contributed by atoms with Gasteiger partial charge in [-0.2, -0.15) is 0 Å². The van der Waals surface area contributed by atoms with Crippen LogP contribution in [0.4, 0.5) is 17.1 Å². The third-order valence-corrected chi connectivity index (χ3v) is 9.08. The molecule has 226 valence electrons. The van der Waals surface area contributed by atoms with Gasteiger partial charge in [0.05, 0.1) is 11.4 Å².